The number of nitrogens with two attached hydrogens (primary N) is 1. The molecule has 3 N–H and O–H groups in total. The quantitative estimate of drug-likeness (QED) is 0.789. The Balaban J connectivity index is 2.72. The predicted octanol–water partition coefficient (Wildman–Crippen LogP) is 1.33. The van der Waals surface area contributed by atoms with Crippen molar-refractivity contribution >= 4 is 11.9 Å². The molecule has 0 aliphatic heterocycles. The van der Waals surface area contributed by atoms with Gasteiger partial charge in [0.15, 0.2) is 5.76 Å². The fourth-order valence-electron chi connectivity index (χ4n) is 1.44. The third kappa shape index (κ3) is 1.60. The van der Waals surface area contributed by atoms with Crippen LogP contribution >= 0.6 is 0 Å². The average Bonchev–Trinajstić information content (AvgIpc) is 2.67. The van der Waals surface area contributed by atoms with E-state index >= 15 is 0 Å². The van der Waals surface area contributed by atoms with Crippen molar-refractivity contribution in [3.05, 3.63) is 29.7 Å². The maximum Gasteiger partial charge on any atom is 0.339 e. The Morgan fingerprint density at radius 3 is 2.81 bits per heavy atom. The minimum atomic E-state index is -1.11. The summed E-state index contributed by atoms with van der Waals surface area (Å²) in [6.45, 7) is 1.56. The van der Waals surface area contributed by atoms with Crippen molar-refractivity contribution in [2.45, 2.75) is 6.92 Å². The second-order valence-corrected chi connectivity index (χ2v) is 3.17. The van der Waals surface area contributed by atoms with Crippen molar-refractivity contribution in [3.8, 4) is 11.5 Å². The molecule has 0 saturated heterocycles. The molecule has 0 amide bonds. The van der Waals surface area contributed by atoms with Crippen molar-refractivity contribution < 1.29 is 14.3 Å². The summed E-state index contributed by atoms with van der Waals surface area (Å²) in [5, 5.41) is 9.07. The first-order valence-electron chi connectivity index (χ1n) is 4.51. The van der Waals surface area contributed by atoms with Crippen LogP contribution in [0.1, 0.15) is 16.1 Å². The number of carboxylic acids is 1. The van der Waals surface area contributed by atoms with Gasteiger partial charge in [0.25, 0.3) is 0 Å². The van der Waals surface area contributed by atoms with Crippen LogP contribution in [0.25, 0.3) is 11.5 Å². The smallest absolute Gasteiger partial charge is 0.339 e. The molecule has 0 atom stereocenters. The first kappa shape index (κ1) is 10.2. The SMILES string of the molecule is Cc1nc(N)nc(-c2ccco2)c1C(=O)O. The van der Waals surface area contributed by atoms with Gasteiger partial charge in [-0.15, -0.1) is 0 Å². The van der Waals surface area contributed by atoms with Crippen LogP contribution in [0.3, 0.4) is 0 Å². The lowest BCUT2D eigenvalue weighted by Gasteiger charge is -2.06. The van der Waals surface area contributed by atoms with Gasteiger partial charge in [0, 0.05) is 0 Å². The van der Waals surface area contributed by atoms with Crippen LogP contribution in [0.4, 0.5) is 5.95 Å². The Kier molecular flexibility index (Phi) is 2.32. The van der Waals surface area contributed by atoms with E-state index in [0.717, 1.165) is 0 Å². The second kappa shape index (κ2) is 3.65. The van der Waals surface area contributed by atoms with Gasteiger partial charge in [0.2, 0.25) is 5.95 Å². The highest BCUT2D eigenvalue weighted by molar-refractivity contribution is 5.95. The fraction of sp³-hybridized carbons (Fsp3) is 0.100. The topological polar surface area (TPSA) is 102 Å². The van der Waals surface area contributed by atoms with Crippen molar-refractivity contribution in [3.63, 3.8) is 0 Å². The average molecular weight is 219 g/mol. The number of hydrogen-bond acceptors (Lipinski definition) is 5. The number of aromatic nitrogens is 2. The summed E-state index contributed by atoms with van der Waals surface area (Å²) in [5.41, 5.74) is 5.99. The molecule has 0 bridgehead atoms. The Hall–Kier alpha value is -2.37. The highest BCUT2D eigenvalue weighted by Gasteiger charge is 2.20. The minimum Gasteiger partial charge on any atom is -0.478 e. The molecule has 0 saturated carbocycles. The monoisotopic (exact) mass is 219 g/mol. The standard InChI is InChI=1S/C10H9N3O3/c1-5-7(9(14)15)8(13-10(11)12-5)6-3-2-4-16-6/h2-4H,1H3,(H,14,15)(H2,11,12,13). The summed E-state index contributed by atoms with van der Waals surface area (Å²) >= 11 is 0. The number of hydrogen-bond donors (Lipinski definition) is 2. The molecule has 0 aliphatic rings. The molecule has 6 heteroatoms. The van der Waals surface area contributed by atoms with Crippen LogP contribution in [-0.2, 0) is 0 Å². The summed E-state index contributed by atoms with van der Waals surface area (Å²) in [5.74, 6) is -0.729. The predicted molar refractivity (Wildman–Crippen MR) is 55.8 cm³/mol. The molecule has 2 rings (SSSR count). The zero-order chi connectivity index (χ0) is 11.7. The molecule has 0 aromatic carbocycles. The number of carbonyl (C=O) groups is 1. The lowest BCUT2D eigenvalue weighted by molar-refractivity contribution is 0.0696. The molecule has 0 radical (unpaired) electrons. The van der Waals surface area contributed by atoms with Gasteiger partial charge in [0.1, 0.15) is 11.3 Å². The van der Waals surface area contributed by atoms with Gasteiger partial charge in [-0.25, -0.2) is 14.8 Å². The van der Waals surface area contributed by atoms with Crippen molar-refractivity contribution in [2.24, 2.45) is 0 Å². The number of carboxylic acid groups (broad SMARTS) is 1. The van der Waals surface area contributed by atoms with Gasteiger partial charge in [-0.3, -0.25) is 0 Å². The molecule has 2 aromatic heterocycles. The number of rotatable bonds is 2. The van der Waals surface area contributed by atoms with Crippen LogP contribution < -0.4 is 5.73 Å². The molecule has 0 unspecified atom stereocenters. The molecule has 82 valence electrons. The van der Waals surface area contributed by atoms with Crippen LogP contribution in [0.5, 0.6) is 0 Å². The molecule has 2 aromatic rings. The Morgan fingerprint density at radius 1 is 1.50 bits per heavy atom. The molecule has 0 fully saturated rings. The highest BCUT2D eigenvalue weighted by atomic mass is 16.4. The van der Waals surface area contributed by atoms with Gasteiger partial charge in [-0.1, -0.05) is 0 Å². The van der Waals surface area contributed by atoms with E-state index < -0.39 is 5.97 Å². The van der Waals surface area contributed by atoms with Gasteiger partial charge < -0.3 is 15.3 Å². The molecular formula is C10H9N3O3. The molecule has 2 heterocycles. The number of anilines is 1. The zero-order valence-corrected chi connectivity index (χ0v) is 8.47. The molecule has 16 heavy (non-hydrogen) atoms. The lowest BCUT2D eigenvalue weighted by Crippen LogP contribution is -2.09. The van der Waals surface area contributed by atoms with E-state index in [4.69, 9.17) is 15.3 Å². The van der Waals surface area contributed by atoms with Crippen molar-refractivity contribution in [2.75, 3.05) is 5.73 Å². The number of nitrogen functional groups attached to an aromatic ring is 1. The third-order valence-electron chi connectivity index (χ3n) is 2.08. The first-order valence-corrected chi connectivity index (χ1v) is 4.51. The van der Waals surface area contributed by atoms with Crippen molar-refractivity contribution in [1.29, 1.82) is 0 Å². The van der Waals surface area contributed by atoms with Gasteiger partial charge in [-0.05, 0) is 19.1 Å². The van der Waals surface area contributed by atoms with Gasteiger partial charge in [-0.2, -0.15) is 0 Å². The van der Waals surface area contributed by atoms with Crippen LogP contribution in [0.2, 0.25) is 0 Å². The third-order valence-corrected chi connectivity index (χ3v) is 2.08. The van der Waals surface area contributed by atoms with Crippen LogP contribution in [-0.4, -0.2) is 21.0 Å². The number of aromatic carboxylic acids is 1. The molecule has 6 nitrogen and oxygen atoms in total. The first-order chi connectivity index (χ1) is 7.59. The second-order valence-electron chi connectivity index (χ2n) is 3.17. The highest BCUT2D eigenvalue weighted by Crippen LogP contribution is 2.24. The van der Waals surface area contributed by atoms with Crippen LogP contribution in [0, 0.1) is 6.92 Å². The van der Waals surface area contributed by atoms with Gasteiger partial charge in [0.05, 0.1) is 12.0 Å². The summed E-state index contributed by atoms with van der Waals surface area (Å²) in [6.07, 6.45) is 1.44. The molecule has 0 aliphatic carbocycles. The Labute approximate surface area is 90.7 Å². The fourth-order valence-corrected chi connectivity index (χ4v) is 1.44. The van der Waals surface area contributed by atoms with Gasteiger partial charge >= 0.3 is 5.97 Å². The maximum absolute atomic E-state index is 11.1. The van der Waals surface area contributed by atoms with E-state index in [9.17, 15) is 4.79 Å². The number of nitrogens with zero attached hydrogens (tertiary/aromatic N) is 2. The zero-order valence-electron chi connectivity index (χ0n) is 8.47. The molecule has 0 spiro atoms. The van der Waals surface area contributed by atoms with Crippen LogP contribution in [0.15, 0.2) is 22.8 Å². The summed E-state index contributed by atoms with van der Waals surface area (Å²) in [4.78, 5) is 18.8. The summed E-state index contributed by atoms with van der Waals surface area (Å²) < 4.78 is 5.11. The van der Waals surface area contributed by atoms with E-state index in [-0.39, 0.29) is 17.2 Å². The van der Waals surface area contributed by atoms with E-state index in [1.807, 2.05) is 0 Å². The molecular weight excluding hydrogens is 210 g/mol. The summed E-state index contributed by atoms with van der Waals surface area (Å²) in [7, 11) is 0. The number of aryl methyl sites for hydroxylation is 1. The van der Waals surface area contributed by atoms with Crippen molar-refractivity contribution in [1.82, 2.24) is 9.97 Å². The normalized spacial score (nSPS) is 10.3. The largest absolute Gasteiger partial charge is 0.478 e. The Bertz CT molecular complexity index is 534. The van der Waals surface area contributed by atoms with E-state index in [2.05, 4.69) is 9.97 Å². The lowest BCUT2D eigenvalue weighted by atomic mass is 10.1. The maximum atomic E-state index is 11.1. The number of furan rings is 1. The minimum absolute atomic E-state index is 0.00384. The van der Waals surface area contributed by atoms with E-state index in [1.165, 1.54) is 6.26 Å². The van der Waals surface area contributed by atoms with E-state index in [0.29, 0.717) is 11.5 Å². The summed E-state index contributed by atoms with van der Waals surface area (Å²) in [6, 6.07) is 3.27. The Morgan fingerprint density at radius 2 is 2.25 bits per heavy atom. The van der Waals surface area contributed by atoms with E-state index in [1.54, 1.807) is 19.1 Å².